The van der Waals surface area contributed by atoms with Crippen LogP contribution in [0.25, 0.3) is 0 Å². The van der Waals surface area contributed by atoms with Crippen molar-refractivity contribution in [1.82, 2.24) is 10.2 Å². The fraction of sp³-hybridized carbons (Fsp3) is 0.500. The highest BCUT2D eigenvalue weighted by atomic mass is 16.6. The summed E-state index contributed by atoms with van der Waals surface area (Å²) in [4.78, 5) is 27.7. The van der Waals surface area contributed by atoms with E-state index < -0.39 is 0 Å². The van der Waals surface area contributed by atoms with Crippen molar-refractivity contribution in [3.63, 3.8) is 0 Å². The van der Waals surface area contributed by atoms with Gasteiger partial charge in [0.15, 0.2) is 0 Å². The molecule has 2 fully saturated rings. The fourth-order valence-electron chi connectivity index (χ4n) is 2.91. The molecule has 1 N–H and O–H groups in total. The Morgan fingerprint density at radius 2 is 2.00 bits per heavy atom. The van der Waals surface area contributed by atoms with Crippen molar-refractivity contribution < 1.29 is 19.1 Å². The molecule has 23 heavy (non-hydrogen) atoms. The van der Waals surface area contributed by atoms with Gasteiger partial charge in [-0.15, -0.1) is 0 Å². The molecular formula is C16H21N3O4. The maximum Gasteiger partial charge on any atom is 0.414 e. The van der Waals surface area contributed by atoms with Gasteiger partial charge >= 0.3 is 6.09 Å². The number of carbonyl (C=O) groups is 2. The second-order valence-corrected chi connectivity index (χ2v) is 5.65. The molecule has 7 nitrogen and oxygen atoms in total. The van der Waals surface area contributed by atoms with Gasteiger partial charge in [-0.25, -0.2) is 4.79 Å². The van der Waals surface area contributed by atoms with E-state index in [0.29, 0.717) is 24.5 Å². The highest BCUT2D eigenvalue weighted by molar-refractivity contribution is 5.96. The summed E-state index contributed by atoms with van der Waals surface area (Å²) in [7, 11) is 1.59. The molecule has 7 heteroatoms. The van der Waals surface area contributed by atoms with Gasteiger partial charge < -0.3 is 19.7 Å². The smallest absolute Gasteiger partial charge is 0.414 e. The zero-order valence-electron chi connectivity index (χ0n) is 13.2. The van der Waals surface area contributed by atoms with E-state index in [1.807, 2.05) is 4.90 Å². The molecule has 2 aliphatic rings. The topological polar surface area (TPSA) is 71.1 Å². The second kappa shape index (κ2) is 6.97. The van der Waals surface area contributed by atoms with E-state index in [4.69, 9.17) is 9.47 Å². The number of hydrogen-bond donors (Lipinski definition) is 1. The maximum absolute atomic E-state index is 12.4. The Labute approximate surface area is 135 Å². The molecule has 0 bridgehead atoms. The molecule has 2 aliphatic heterocycles. The summed E-state index contributed by atoms with van der Waals surface area (Å²) in [6, 6.07) is 6.95. The summed E-state index contributed by atoms with van der Waals surface area (Å²) in [6.07, 6.45) is -0.381. The summed E-state index contributed by atoms with van der Waals surface area (Å²) in [5.41, 5.74) is 1.35. The summed E-state index contributed by atoms with van der Waals surface area (Å²) in [6.45, 7) is 3.80. The van der Waals surface area contributed by atoms with Crippen LogP contribution in [0, 0.1) is 0 Å². The summed E-state index contributed by atoms with van der Waals surface area (Å²) in [5, 5.41) is 3.23. The first-order valence-corrected chi connectivity index (χ1v) is 7.75. The minimum Gasteiger partial charge on any atom is -0.447 e. The number of nitrogens with zero attached hydrogens (tertiary/aromatic N) is 2. The predicted molar refractivity (Wildman–Crippen MR) is 84.7 cm³/mol. The van der Waals surface area contributed by atoms with Crippen molar-refractivity contribution in [2.75, 3.05) is 51.4 Å². The molecule has 1 aromatic rings. The minimum atomic E-state index is -0.381. The Hall–Kier alpha value is -2.12. The van der Waals surface area contributed by atoms with Crippen LogP contribution >= 0.6 is 0 Å². The molecule has 0 radical (unpaired) electrons. The van der Waals surface area contributed by atoms with Crippen molar-refractivity contribution in [2.45, 2.75) is 6.04 Å². The van der Waals surface area contributed by atoms with E-state index >= 15 is 0 Å². The van der Waals surface area contributed by atoms with Crippen LogP contribution in [0.2, 0.25) is 0 Å². The molecule has 2 heterocycles. The average Bonchev–Trinajstić information content (AvgIpc) is 2.96. The highest BCUT2D eigenvalue weighted by Gasteiger charge is 2.34. The quantitative estimate of drug-likeness (QED) is 0.885. The monoisotopic (exact) mass is 319 g/mol. The van der Waals surface area contributed by atoms with Gasteiger partial charge in [-0.3, -0.25) is 9.69 Å². The van der Waals surface area contributed by atoms with Crippen LogP contribution < -0.4 is 10.2 Å². The van der Waals surface area contributed by atoms with Crippen LogP contribution in [0.15, 0.2) is 24.3 Å². The van der Waals surface area contributed by atoms with Gasteiger partial charge in [-0.05, 0) is 24.3 Å². The first kappa shape index (κ1) is 15.8. The van der Waals surface area contributed by atoms with Gasteiger partial charge in [-0.1, -0.05) is 0 Å². The standard InChI is InChI=1S/C16H21N3O4/c1-22-10-14-11-23-16(21)19(14)13-4-2-12(3-5-13)15(20)18-8-6-17-7-9-18/h2-5,14,17H,6-11H2,1H3. The van der Waals surface area contributed by atoms with E-state index in [1.54, 1.807) is 36.3 Å². The van der Waals surface area contributed by atoms with Crippen LogP contribution in [-0.4, -0.2) is 69.4 Å². The Morgan fingerprint density at radius 1 is 1.30 bits per heavy atom. The van der Waals surface area contributed by atoms with E-state index in [0.717, 1.165) is 26.2 Å². The van der Waals surface area contributed by atoms with E-state index in [-0.39, 0.29) is 18.0 Å². The Balaban J connectivity index is 1.73. The number of benzene rings is 1. The maximum atomic E-state index is 12.4. The number of piperazine rings is 1. The third-order valence-electron chi connectivity index (χ3n) is 4.12. The molecule has 0 saturated carbocycles. The van der Waals surface area contributed by atoms with Crippen LogP contribution in [-0.2, 0) is 9.47 Å². The van der Waals surface area contributed by atoms with E-state index in [9.17, 15) is 9.59 Å². The van der Waals surface area contributed by atoms with Crippen molar-refractivity contribution in [1.29, 1.82) is 0 Å². The molecule has 2 amide bonds. The lowest BCUT2D eigenvalue weighted by molar-refractivity contribution is 0.0736. The van der Waals surface area contributed by atoms with Crippen molar-refractivity contribution in [3.05, 3.63) is 29.8 Å². The van der Waals surface area contributed by atoms with Crippen LogP contribution in [0.3, 0.4) is 0 Å². The lowest BCUT2D eigenvalue weighted by atomic mass is 10.1. The molecule has 124 valence electrons. The Morgan fingerprint density at radius 3 is 2.65 bits per heavy atom. The average molecular weight is 319 g/mol. The fourth-order valence-corrected chi connectivity index (χ4v) is 2.91. The number of amides is 2. The zero-order valence-corrected chi connectivity index (χ0v) is 13.2. The number of cyclic esters (lactones) is 1. The molecule has 0 aliphatic carbocycles. The number of carbonyl (C=O) groups excluding carboxylic acids is 2. The molecule has 1 aromatic carbocycles. The molecular weight excluding hydrogens is 298 g/mol. The summed E-state index contributed by atoms with van der Waals surface area (Å²) < 4.78 is 10.2. The Kier molecular flexibility index (Phi) is 4.78. The molecule has 0 spiro atoms. The number of ether oxygens (including phenoxy) is 2. The number of anilines is 1. The first-order valence-electron chi connectivity index (χ1n) is 7.75. The summed E-state index contributed by atoms with van der Waals surface area (Å²) >= 11 is 0. The predicted octanol–water partition coefficient (Wildman–Crippen LogP) is 0.704. The molecule has 0 aromatic heterocycles. The van der Waals surface area contributed by atoms with Gasteiger partial charge in [0.1, 0.15) is 6.61 Å². The number of rotatable bonds is 4. The number of methoxy groups -OCH3 is 1. The molecule has 3 rings (SSSR count). The summed E-state index contributed by atoms with van der Waals surface area (Å²) in [5.74, 6) is 0.0236. The lowest BCUT2D eigenvalue weighted by Crippen LogP contribution is -2.46. The van der Waals surface area contributed by atoms with Crippen molar-refractivity contribution in [3.8, 4) is 0 Å². The molecule has 1 atom stereocenters. The molecule has 2 saturated heterocycles. The minimum absolute atomic E-state index is 0.0236. The number of nitrogens with one attached hydrogen (secondary N) is 1. The normalized spacial score (nSPS) is 21.4. The first-order chi connectivity index (χ1) is 11.2. The highest BCUT2D eigenvalue weighted by Crippen LogP contribution is 2.24. The van der Waals surface area contributed by atoms with Gasteiger partial charge in [0, 0.05) is 44.5 Å². The van der Waals surface area contributed by atoms with Crippen molar-refractivity contribution in [2.24, 2.45) is 0 Å². The van der Waals surface area contributed by atoms with E-state index in [2.05, 4.69) is 5.32 Å². The van der Waals surface area contributed by atoms with Crippen LogP contribution in [0.4, 0.5) is 10.5 Å². The number of hydrogen-bond acceptors (Lipinski definition) is 5. The molecule has 1 unspecified atom stereocenters. The van der Waals surface area contributed by atoms with Gasteiger partial charge in [0.25, 0.3) is 5.91 Å². The van der Waals surface area contributed by atoms with Crippen LogP contribution in [0.5, 0.6) is 0 Å². The van der Waals surface area contributed by atoms with Gasteiger partial charge in [-0.2, -0.15) is 0 Å². The lowest BCUT2D eigenvalue weighted by Gasteiger charge is -2.27. The van der Waals surface area contributed by atoms with Gasteiger partial charge in [0.05, 0.1) is 12.6 Å². The van der Waals surface area contributed by atoms with Crippen molar-refractivity contribution >= 4 is 17.7 Å². The largest absolute Gasteiger partial charge is 0.447 e. The SMILES string of the molecule is COCC1COC(=O)N1c1ccc(C(=O)N2CCNCC2)cc1. The third-order valence-corrected chi connectivity index (χ3v) is 4.12. The van der Waals surface area contributed by atoms with Crippen LogP contribution in [0.1, 0.15) is 10.4 Å². The Bertz CT molecular complexity index is 569. The third kappa shape index (κ3) is 3.30. The van der Waals surface area contributed by atoms with E-state index in [1.165, 1.54) is 0 Å². The van der Waals surface area contributed by atoms with Gasteiger partial charge in [0.2, 0.25) is 0 Å². The second-order valence-electron chi connectivity index (χ2n) is 5.65. The zero-order chi connectivity index (χ0) is 16.2.